The Morgan fingerprint density at radius 1 is 1.40 bits per heavy atom. The van der Waals surface area contributed by atoms with Crippen LogP contribution in [0.3, 0.4) is 0 Å². The molecule has 0 aliphatic rings. The fraction of sp³-hybridized carbons (Fsp3) is 0.308. The average molecular weight is 291 g/mol. The number of amides is 1. The number of pyridine rings is 1. The number of thiazole rings is 1. The summed E-state index contributed by atoms with van der Waals surface area (Å²) in [5.41, 5.74) is 6.38. The lowest BCUT2D eigenvalue weighted by atomic mass is 10.2. The minimum absolute atomic E-state index is 0.335. The molecule has 2 heterocycles. The molecule has 0 bridgehead atoms. The Hall–Kier alpha value is -1.83. The zero-order chi connectivity index (χ0) is 14.5. The van der Waals surface area contributed by atoms with E-state index in [2.05, 4.69) is 20.3 Å². The van der Waals surface area contributed by atoms with Gasteiger partial charge in [0.05, 0.1) is 22.5 Å². The minimum atomic E-state index is -0.335. The van der Waals surface area contributed by atoms with Crippen LogP contribution in [0.15, 0.2) is 23.8 Å². The number of aromatic nitrogens is 2. The van der Waals surface area contributed by atoms with Crippen LogP contribution in [0.25, 0.3) is 0 Å². The van der Waals surface area contributed by atoms with E-state index in [0.717, 1.165) is 17.9 Å². The molecule has 0 atom stereocenters. The van der Waals surface area contributed by atoms with Crippen molar-refractivity contribution >= 4 is 17.2 Å². The Balaban J connectivity index is 1.96. The molecule has 2 aromatic heterocycles. The van der Waals surface area contributed by atoms with Crippen molar-refractivity contribution in [1.29, 1.82) is 0 Å². The highest BCUT2D eigenvalue weighted by Gasteiger charge is 2.08. The SMILES string of the molecule is Cc1ncsc1CN(C)Cc1ccc(C(=O)NN)cn1. The minimum Gasteiger partial charge on any atom is -0.295 e. The molecular formula is C13H17N5OS. The number of nitrogens with one attached hydrogen (secondary N) is 1. The van der Waals surface area contributed by atoms with E-state index in [4.69, 9.17) is 5.84 Å². The molecule has 3 N–H and O–H groups in total. The number of carbonyl (C=O) groups is 1. The van der Waals surface area contributed by atoms with Crippen LogP contribution in [-0.4, -0.2) is 27.8 Å². The van der Waals surface area contributed by atoms with Crippen molar-refractivity contribution < 1.29 is 4.79 Å². The van der Waals surface area contributed by atoms with Gasteiger partial charge in [-0.2, -0.15) is 0 Å². The fourth-order valence-electron chi connectivity index (χ4n) is 1.79. The van der Waals surface area contributed by atoms with Gasteiger partial charge in [-0.1, -0.05) is 0 Å². The monoisotopic (exact) mass is 291 g/mol. The second-order valence-corrected chi connectivity index (χ2v) is 5.48. The van der Waals surface area contributed by atoms with Crippen LogP contribution in [0.1, 0.15) is 26.6 Å². The van der Waals surface area contributed by atoms with Gasteiger partial charge in [0.15, 0.2) is 0 Å². The summed E-state index contributed by atoms with van der Waals surface area (Å²) in [5.74, 6) is 4.74. The van der Waals surface area contributed by atoms with Gasteiger partial charge in [0, 0.05) is 24.2 Å². The highest BCUT2D eigenvalue weighted by atomic mass is 32.1. The summed E-state index contributed by atoms with van der Waals surface area (Å²) in [6, 6.07) is 3.55. The number of nitrogens with zero attached hydrogens (tertiary/aromatic N) is 3. The van der Waals surface area contributed by atoms with E-state index < -0.39 is 0 Å². The van der Waals surface area contributed by atoms with E-state index in [9.17, 15) is 4.79 Å². The van der Waals surface area contributed by atoms with Gasteiger partial charge < -0.3 is 0 Å². The van der Waals surface area contributed by atoms with Gasteiger partial charge in [-0.25, -0.2) is 10.8 Å². The van der Waals surface area contributed by atoms with E-state index >= 15 is 0 Å². The summed E-state index contributed by atoms with van der Waals surface area (Å²) in [4.78, 5) is 23.2. The quantitative estimate of drug-likeness (QED) is 0.489. The van der Waals surface area contributed by atoms with Gasteiger partial charge in [-0.3, -0.25) is 20.1 Å². The first kappa shape index (κ1) is 14.6. The molecule has 20 heavy (non-hydrogen) atoms. The second-order valence-electron chi connectivity index (χ2n) is 4.54. The maximum absolute atomic E-state index is 11.3. The largest absolute Gasteiger partial charge is 0.295 e. The number of nitrogen functional groups attached to an aromatic ring is 1. The molecule has 2 rings (SSSR count). The number of rotatable bonds is 5. The molecule has 0 unspecified atom stereocenters. The molecule has 0 radical (unpaired) electrons. The molecule has 106 valence electrons. The zero-order valence-electron chi connectivity index (χ0n) is 11.5. The van der Waals surface area contributed by atoms with E-state index in [-0.39, 0.29) is 5.91 Å². The third-order valence-corrected chi connectivity index (χ3v) is 3.83. The van der Waals surface area contributed by atoms with Crippen molar-refractivity contribution in [2.24, 2.45) is 5.84 Å². The maximum atomic E-state index is 11.3. The number of hydrogen-bond donors (Lipinski definition) is 2. The Labute approximate surface area is 121 Å². The lowest BCUT2D eigenvalue weighted by Crippen LogP contribution is -2.30. The van der Waals surface area contributed by atoms with Crippen molar-refractivity contribution in [1.82, 2.24) is 20.3 Å². The predicted octanol–water partition coefficient (Wildman–Crippen LogP) is 1.08. The number of hydrazine groups is 1. The summed E-state index contributed by atoms with van der Waals surface area (Å²) in [6.07, 6.45) is 1.53. The molecule has 6 nitrogen and oxygen atoms in total. The van der Waals surface area contributed by atoms with Gasteiger partial charge in [-0.05, 0) is 26.1 Å². The van der Waals surface area contributed by atoms with Crippen LogP contribution in [0, 0.1) is 6.92 Å². The first-order chi connectivity index (χ1) is 9.60. The molecule has 2 aromatic rings. The van der Waals surface area contributed by atoms with Gasteiger partial charge in [0.25, 0.3) is 5.91 Å². The Bertz CT molecular complexity index is 581. The van der Waals surface area contributed by atoms with Crippen LogP contribution in [0.2, 0.25) is 0 Å². The lowest BCUT2D eigenvalue weighted by molar-refractivity contribution is 0.0953. The van der Waals surface area contributed by atoms with E-state index in [1.54, 1.807) is 17.4 Å². The molecule has 0 aliphatic carbocycles. The van der Waals surface area contributed by atoms with Crippen molar-refractivity contribution in [2.75, 3.05) is 7.05 Å². The molecule has 0 saturated carbocycles. The van der Waals surface area contributed by atoms with Gasteiger partial charge in [-0.15, -0.1) is 11.3 Å². The van der Waals surface area contributed by atoms with E-state index in [0.29, 0.717) is 12.1 Å². The van der Waals surface area contributed by atoms with Gasteiger partial charge in [0.2, 0.25) is 0 Å². The van der Waals surface area contributed by atoms with E-state index in [1.807, 2.05) is 25.5 Å². The summed E-state index contributed by atoms with van der Waals surface area (Å²) < 4.78 is 0. The van der Waals surface area contributed by atoms with Crippen molar-refractivity contribution in [2.45, 2.75) is 20.0 Å². The van der Waals surface area contributed by atoms with Crippen LogP contribution in [0.4, 0.5) is 0 Å². The number of carbonyl (C=O) groups excluding carboxylic acids is 1. The van der Waals surface area contributed by atoms with Crippen molar-refractivity contribution in [3.63, 3.8) is 0 Å². The van der Waals surface area contributed by atoms with Crippen molar-refractivity contribution in [3.05, 3.63) is 45.7 Å². The smallest absolute Gasteiger partial charge is 0.266 e. The standard InChI is InChI=1S/C13H17N5OS/c1-9-12(20-8-16-9)7-18(2)6-11-4-3-10(5-15-11)13(19)17-14/h3-5,8H,6-7,14H2,1-2H3,(H,17,19). The lowest BCUT2D eigenvalue weighted by Gasteiger charge is -2.15. The van der Waals surface area contributed by atoms with Crippen LogP contribution >= 0.6 is 11.3 Å². The molecule has 0 aromatic carbocycles. The predicted molar refractivity (Wildman–Crippen MR) is 77.9 cm³/mol. The first-order valence-electron chi connectivity index (χ1n) is 6.13. The highest BCUT2D eigenvalue weighted by Crippen LogP contribution is 2.15. The average Bonchev–Trinajstić information content (AvgIpc) is 2.84. The number of hydrogen-bond acceptors (Lipinski definition) is 6. The second kappa shape index (κ2) is 6.56. The number of aryl methyl sites for hydroxylation is 1. The third-order valence-electron chi connectivity index (χ3n) is 2.91. The molecule has 7 heteroatoms. The van der Waals surface area contributed by atoms with Crippen LogP contribution < -0.4 is 11.3 Å². The zero-order valence-corrected chi connectivity index (χ0v) is 12.3. The fourth-order valence-corrected chi connectivity index (χ4v) is 2.65. The van der Waals surface area contributed by atoms with Gasteiger partial charge >= 0.3 is 0 Å². The van der Waals surface area contributed by atoms with Crippen LogP contribution in [0.5, 0.6) is 0 Å². The molecule has 0 aliphatic heterocycles. The molecule has 0 saturated heterocycles. The van der Waals surface area contributed by atoms with Crippen molar-refractivity contribution in [3.8, 4) is 0 Å². The summed E-state index contributed by atoms with van der Waals surface area (Å²) >= 11 is 1.66. The van der Waals surface area contributed by atoms with Gasteiger partial charge in [0.1, 0.15) is 0 Å². The maximum Gasteiger partial charge on any atom is 0.266 e. The third kappa shape index (κ3) is 3.60. The molecular weight excluding hydrogens is 274 g/mol. The summed E-state index contributed by atoms with van der Waals surface area (Å²) in [7, 11) is 2.03. The Kier molecular flexibility index (Phi) is 4.78. The van der Waals surface area contributed by atoms with Crippen LogP contribution in [-0.2, 0) is 13.1 Å². The Morgan fingerprint density at radius 3 is 2.75 bits per heavy atom. The molecule has 0 fully saturated rings. The van der Waals surface area contributed by atoms with E-state index in [1.165, 1.54) is 11.1 Å². The first-order valence-corrected chi connectivity index (χ1v) is 7.01. The Morgan fingerprint density at radius 2 is 2.20 bits per heavy atom. The topological polar surface area (TPSA) is 84.1 Å². The summed E-state index contributed by atoms with van der Waals surface area (Å²) in [5, 5.41) is 0. The molecule has 0 spiro atoms. The normalized spacial score (nSPS) is 10.8. The summed E-state index contributed by atoms with van der Waals surface area (Å²) in [6.45, 7) is 3.56. The number of nitrogens with two attached hydrogens (primary N) is 1. The molecule has 1 amide bonds. The highest BCUT2D eigenvalue weighted by molar-refractivity contribution is 7.09.